The molecule has 0 aromatic heterocycles. The maximum Gasteiger partial charge on any atom is 0.143 e. The van der Waals surface area contributed by atoms with E-state index in [-0.39, 0.29) is 18.0 Å². The van der Waals surface area contributed by atoms with Crippen molar-refractivity contribution in [1.82, 2.24) is 0 Å². The van der Waals surface area contributed by atoms with Crippen LogP contribution in [0.5, 0.6) is 0 Å². The molecule has 5 heteroatoms. The summed E-state index contributed by atoms with van der Waals surface area (Å²) in [4.78, 5) is 0. The first-order valence-electron chi connectivity index (χ1n) is 6.57. The Bertz CT molecular complexity index is 436. The molecule has 2 rings (SSSR count). The lowest BCUT2D eigenvalue weighted by Gasteiger charge is -2.15. The molecular weight excluding hydrogens is 332 g/mol. The number of rotatable bonds is 5. The molecule has 2 N–H and O–H groups in total. The molecular formula is C14H18BrF2NS. The summed E-state index contributed by atoms with van der Waals surface area (Å²) in [5.74, 6) is -0.279. The van der Waals surface area contributed by atoms with E-state index in [0.717, 1.165) is 5.75 Å². The number of hydrogen-bond acceptors (Lipinski definition) is 2. The third kappa shape index (κ3) is 4.17. The summed E-state index contributed by atoms with van der Waals surface area (Å²) in [6, 6.07) is 2.45. The Morgan fingerprint density at radius 1 is 1.32 bits per heavy atom. The zero-order valence-corrected chi connectivity index (χ0v) is 13.1. The van der Waals surface area contributed by atoms with Gasteiger partial charge in [-0.05, 0) is 47.3 Å². The predicted molar refractivity (Wildman–Crippen MR) is 80.5 cm³/mol. The lowest BCUT2D eigenvalue weighted by Crippen LogP contribution is -2.27. The second-order valence-electron chi connectivity index (χ2n) is 5.03. The highest BCUT2D eigenvalue weighted by Gasteiger charge is 2.19. The van der Waals surface area contributed by atoms with E-state index in [2.05, 4.69) is 15.9 Å². The van der Waals surface area contributed by atoms with Crippen molar-refractivity contribution in [3.8, 4) is 0 Å². The summed E-state index contributed by atoms with van der Waals surface area (Å²) in [5, 5.41) is 0.684. The van der Waals surface area contributed by atoms with Crippen LogP contribution in [0.3, 0.4) is 0 Å². The van der Waals surface area contributed by atoms with Crippen LogP contribution in [0.2, 0.25) is 0 Å². The minimum atomic E-state index is -0.527. The minimum absolute atomic E-state index is 0.0916. The van der Waals surface area contributed by atoms with Crippen molar-refractivity contribution < 1.29 is 8.78 Å². The summed E-state index contributed by atoms with van der Waals surface area (Å²) in [6.07, 6.45) is 5.33. The van der Waals surface area contributed by atoms with Gasteiger partial charge in [0.1, 0.15) is 11.6 Å². The largest absolute Gasteiger partial charge is 0.327 e. The average Bonchev–Trinajstić information content (AvgIpc) is 2.90. The molecule has 1 unspecified atom stereocenters. The van der Waals surface area contributed by atoms with Crippen LogP contribution in [-0.2, 0) is 6.42 Å². The Kier molecular flexibility index (Phi) is 5.66. The Balaban J connectivity index is 1.91. The van der Waals surface area contributed by atoms with Gasteiger partial charge in [-0.2, -0.15) is 11.8 Å². The average molecular weight is 350 g/mol. The fourth-order valence-electron chi connectivity index (χ4n) is 2.39. The lowest BCUT2D eigenvalue weighted by molar-refractivity contribution is 0.539. The van der Waals surface area contributed by atoms with E-state index in [0.29, 0.717) is 9.72 Å². The molecule has 1 atom stereocenters. The van der Waals surface area contributed by atoms with Gasteiger partial charge in [-0.15, -0.1) is 0 Å². The molecule has 0 radical (unpaired) electrons. The number of thioether (sulfide) groups is 1. The Morgan fingerprint density at radius 3 is 2.68 bits per heavy atom. The molecule has 0 spiro atoms. The molecule has 106 valence electrons. The molecule has 1 saturated carbocycles. The fraction of sp³-hybridized carbons (Fsp3) is 0.571. The third-order valence-corrected chi connectivity index (χ3v) is 5.63. The van der Waals surface area contributed by atoms with Crippen molar-refractivity contribution in [3.05, 3.63) is 33.8 Å². The molecule has 1 aliphatic rings. The Hall–Kier alpha value is -0.130. The summed E-state index contributed by atoms with van der Waals surface area (Å²) < 4.78 is 27.7. The van der Waals surface area contributed by atoms with Crippen LogP contribution in [0.4, 0.5) is 8.78 Å². The summed E-state index contributed by atoms with van der Waals surface area (Å²) in [7, 11) is 0. The lowest BCUT2D eigenvalue weighted by atomic mass is 10.1. The van der Waals surface area contributed by atoms with Crippen LogP contribution in [-0.4, -0.2) is 17.0 Å². The van der Waals surface area contributed by atoms with E-state index in [9.17, 15) is 8.78 Å². The second-order valence-corrected chi connectivity index (χ2v) is 7.21. The first kappa shape index (κ1) is 15.3. The van der Waals surface area contributed by atoms with Gasteiger partial charge in [0.15, 0.2) is 0 Å². The molecule has 1 aromatic rings. The molecule has 19 heavy (non-hydrogen) atoms. The summed E-state index contributed by atoms with van der Waals surface area (Å²) >= 11 is 4.92. The highest BCUT2D eigenvalue weighted by Crippen LogP contribution is 2.30. The van der Waals surface area contributed by atoms with Crippen molar-refractivity contribution in [3.63, 3.8) is 0 Å². The zero-order valence-electron chi connectivity index (χ0n) is 10.7. The number of halogens is 3. The maximum atomic E-state index is 13.8. The van der Waals surface area contributed by atoms with Crippen LogP contribution in [0.25, 0.3) is 0 Å². The molecule has 0 bridgehead atoms. The van der Waals surface area contributed by atoms with E-state index in [1.54, 1.807) is 0 Å². The molecule has 1 fully saturated rings. The fourth-order valence-corrected chi connectivity index (χ4v) is 4.07. The van der Waals surface area contributed by atoms with Gasteiger partial charge in [0.05, 0.1) is 4.47 Å². The first-order chi connectivity index (χ1) is 9.08. The van der Waals surface area contributed by atoms with Gasteiger partial charge >= 0.3 is 0 Å². The van der Waals surface area contributed by atoms with Crippen molar-refractivity contribution in [1.29, 1.82) is 0 Å². The summed E-state index contributed by atoms with van der Waals surface area (Å²) in [5.41, 5.74) is 6.09. The highest BCUT2D eigenvalue weighted by atomic mass is 79.9. The third-order valence-electron chi connectivity index (χ3n) is 3.45. The van der Waals surface area contributed by atoms with Crippen molar-refractivity contribution in [2.75, 3.05) is 5.75 Å². The van der Waals surface area contributed by atoms with Gasteiger partial charge in [-0.25, -0.2) is 8.78 Å². The summed E-state index contributed by atoms with van der Waals surface area (Å²) in [6.45, 7) is 0. The normalized spacial score (nSPS) is 17.9. The van der Waals surface area contributed by atoms with Gasteiger partial charge in [0.25, 0.3) is 0 Å². The van der Waals surface area contributed by atoms with E-state index in [1.165, 1.54) is 37.8 Å². The van der Waals surface area contributed by atoms with Crippen LogP contribution in [0, 0.1) is 11.6 Å². The smallest absolute Gasteiger partial charge is 0.143 e. The van der Waals surface area contributed by atoms with Gasteiger partial charge in [0, 0.05) is 22.6 Å². The van der Waals surface area contributed by atoms with E-state index in [1.807, 2.05) is 11.8 Å². The van der Waals surface area contributed by atoms with Crippen LogP contribution < -0.4 is 5.73 Å². The second kappa shape index (κ2) is 7.04. The molecule has 0 saturated heterocycles. The van der Waals surface area contributed by atoms with Gasteiger partial charge in [0.2, 0.25) is 0 Å². The Morgan fingerprint density at radius 2 is 2.00 bits per heavy atom. The monoisotopic (exact) mass is 349 g/mol. The van der Waals surface area contributed by atoms with Crippen LogP contribution in [0.15, 0.2) is 16.6 Å². The number of hydrogen-bond donors (Lipinski definition) is 1. The Labute approximate surface area is 125 Å². The van der Waals surface area contributed by atoms with Gasteiger partial charge < -0.3 is 5.73 Å². The highest BCUT2D eigenvalue weighted by molar-refractivity contribution is 9.10. The van der Waals surface area contributed by atoms with Crippen molar-refractivity contribution in [2.45, 2.75) is 43.4 Å². The predicted octanol–water partition coefficient (Wildman–Crippen LogP) is 4.27. The number of nitrogens with two attached hydrogens (primary N) is 1. The van der Waals surface area contributed by atoms with Crippen molar-refractivity contribution in [2.24, 2.45) is 5.73 Å². The number of benzene rings is 1. The molecule has 1 nitrogen and oxygen atoms in total. The van der Waals surface area contributed by atoms with Gasteiger partial charge in [-0.3, -0.25) is 0 Å². The van der Waals surface area contributed by atoms with E-state index in [4.69, 9.17) is 5.73 Å². The van der Waals surface area contributed by atoms with E-state index >= 15 is 0 Å². The topological polar surface area (TPSA) is 26.0 Å². The molecule has 0 amide bonds. The molecule has 1 aromatic carbocycles. The maximum absolute atomic E-state index is 13.8. The standard InChI is InChI=1S/C14H18BrF2NS/c15-12-5-6-13(16)11(14(12)17)7-9(18)8-19-10-3-1-2-4-10/h5-6,9-10H,1-4,7-8,18H2. The van der Waals surface area contributed by atoms with Gasteiger partial charge in [-0.1, -0.05) is 12.8 Å². The molecule has 0 aliphatic heterocycles. The SMILES string of the molecule is NC(CSC1CCCC1)Cc1c(F)ccc(Br)c1F. The molecule has 1 aliphatic carbocycles. The van der Waals surface area contributed by atoms with Crippen LogP contribution in [0.1, 0.15) is 31.2 Å². The molecule has 0 heterocycles. The minimum Gasteiger partial charge on any atom is -0.327 e. The zero-order chi connectivity index (χ0) is 13.8. The first-order valence-corrected chi connectivity index (χ1v) is 8.41. The van der Waals surface area contributed by atoms with Crippen molar-refractivity contribution >= 4 is 27.7 Å². The van der Waals surface area contributed by atoms with E-state index < -0.39 is 11.6 Å². The van der Waals surface area contributed by atoms with Crippen LogP contribution >= 0.6 is 27.7 Å². The quantitative estimate of drug-likeness (QED) is 0.803.